The van der Waals surface area contributed by atoms with E-state index in [1.165, 1.54) is 5.52 Å². The second kappa shape index (κ2) is 6.20. The monoisotopic (exact) mass is 362 g/mol. The van der Waals surface area contributed by atoms with Crippen LogP contribution in [-0.4, -0.2) is 9.55 Å². The van der Waals surface area contributed by atoms with Crippen LogP contribution in [0.4, 0.5) is 0 Å². The van der Waals surface area contributed by atoms with Gasteiger partial charge in [0.2, 0.25) is 0 Å². The van der Waals surface area contributed by atoms with Crippen molar-refractivity contribution in [3.63, 3.8) is 0 Å². The molecule has 0 aliphatic carbocycles. The van der Waals surface area contributed by atoms with E-state index in [0.717, 1.165) is 39.9 Å². The standard InChI is InChI=1S/C17H16BrClN2/c1-2-9-21-16-8-7-14(18)10-15(16)20-17(21)13-5-3-12(11-19)4-6-13/h3-8,10H,2,9,11H2,1H3. The van der Waals surface area contributed by atoms with Crippen molar-refractivity contribution in [2.45, 2.75) is 25.8 Å². The Hall–Kier alpha value is -1.32. The molecule has 0 saturated carbocycles. The Balaban J connectivity index is 2.17. The molecule has 0 fully saturated rings. The normalized spacial score (nSPS) is 11.2. The second-order valence-electron chi connectivity index (χ2n) is 5.05. The van der Waals surface area contributed by atoms with Crippen LogP contribution in [0.25, 0.3) is 22.4 Å². The van der Waals surface area contributed by atoms with Gasteiger partial charge in [-0.3, -0.25) is 0 Å². The van der Waals surface area contributed by atoms with E-state index >= 15 is 0 Å². The van der Waals surface area contributed by atoms with Gasteiger partial charge < -0.3 is 4.57 Å². The van der Waals surface area contributed by atoms with Crippen molar-refractivity contribution in [2.75, 3.05) is 0 Å². The van der Waals surface area contributed by atoms with E-state index in [2.05, 4.69) is 69.9 Å². The molecule has 3 aromatic rings. The Morgan fingerprint density at radius 1 is 1.14 bits per heavy atom. The Morgan fingerprint density at radius 2 is 1.90 bits per heavy atom. The van der Waals surface area contributed by atoms with Crippen LogP contribution in [-0.2, 0) is 12.4 Å². The van der Waals surface area contributed by atoms with Gasteiger partial charge in [-0.25, -0.2) is 4.98 Å². The summed E-state index contributed by atoms with van der Waals surface area (Å²) in [6.07, 6.45) is 1.08. The average Bonchev–Trinajstić information content (AvgIpc) is 2.85. The van der Waals surface area contributed by atoms with Crippen molar-refractivity contribution in [3.05, 3.63) is 52.5 Å². The summed E-state index contributed by atoms with van der Waals surface area (Å²) >= 11 is 9.38. The number of hydrogen-bond acceptors (Lipinski definition) is 1. The van der Waals surface area contributed by atoms with Gasteiger partial charge in [0.05, 0.1) is 11.0 Å². The highest BCUT2D eigenvalue weighted by atomic mass is 79.9. The number of hydrogen-bond donors (Lipinski definition) is 0. The first-order valence-corrected chi connectivity index (χ1v) is 8.36. The predicted octanol–water partition coefficient (Wildman–Crippen LogP) is 5.61. The Kier molecular flexibility index (Phi) is 4.32. The predicted molar refractivity (Wildman–Crippen MR) is 92.7 cm³/mol. The molecule has 0 N–H and O–H groups in total. The average molecular weight is 364 g/mol. The van der Waals surface area contributed by atoms with Crippen molar-refractivity contribution in [1.29, 1.82) is 0 Å². The summed E-state index contributed by atoms with van der Waals surface area (Å²) in [6, 6.07) is 14.6. The summed E-state index contributed by atoms with van der Waals surface area (Å²) in [5.74, 6) is 1.56. The summed E-state index contributed by atoms with van der Waals surface area (Å²) in [6.45, 7) is 3.15. The van der Waals surface area contributed by atoms with E-state index in [4.69, 9.17) is 16.6 Å². The zero-order valence-corrected chi connectivity index (χ0v) is 14.2. The van der Waals surface area contributed by atoms with Crippen LogP contribution in [0.3, 0.4) is 0 Å². The molecule has 0 aliphatic heterocycles. The van der Waals surface area contributed by atoms with E-state index in [0.29, 0.717) is 5.88 Å². The summed E-state index contributed by atoms with van der Waals surface area (Å²) in [7, 11) is 0. The van der Waals surface area contributed by atoms with E-state index in [-0.39, 0.29) is 0 Å². The maximum atomic E-state index is 5.86. The van der Waals surface area contributed by atoms with Crippen LogP contribution in [0.15, 0.2) is 46.9 Å². The summed E-state index contributed by atoms with van der Waals surface area (Å²) in [4.78, 5) is 4.82. The molecule has 3 rings (SSSR count). The third-order valence-electron chi connectivity index (χ3n) is 3.52. The number of nitrogens with zero attached hydrogens (tertiary/aromatic N) is 2. The van der Waals surface area contributed by atoms with Gasteiger partial charge in [-0.15, -0.1) is 11.6 Å². The third kappa shape index (κ3) is 2.85. The van der Waals surface area contributed by atoms with E-state index in [9.17, 15) is 0 Å². The van der Waals surface area contributed by atoms with Gasteiger partial charge in [0.25, 0.3) is 0 Å². The van der Waals surface area contributed by atoms with Crippen molar-refractivity contribution in [1.82, 2.24) is 9.55 Å². The summed E-state index contributed by atoms with van der Waals surface area (Å²) in [5, 5.41) is 0. The molecular weight excluding hydrogens is 348 g/mol. The largest absolute Gasteiger partial charge is 0.324 e. The van der Waals surface area contributed by atoms with Crippen molar-refractivity contribution < 1.29 is 0 Å². The summed E-state index contributed by atoms with van der Waals surface area (Å²) in [5.41, 5.74) is 4.46. The van der Waals surface area contributed by atoms with Gasteiger partial charge in [-0.2, -0.15) is 0 Å². The lowest BCUT2D eigenvalue weighted by molar-refractivity contribution is 0.704. The molecule has 1 heterocycles. The van der Waals surface area contributed by atoms with Crippen molar-refractivity contribution >= 4 is 38.6 Å². The minimum atomic E-state index is 0.540. The first-order valence-electron chi connectivity index (χ1n) is 7.04. The molecule has 0 saturated heterocycles. The number of alkyl halides is 1. The minimum absolute atomic E-state index is 0.540. The van der Waals surface area contributed by atoms with Gasteiger partial charge in [-0.05, 0) is 30.2 Å². The first kappa shape index (κ1) is 14.6. The third-order valence-corrected chi connectivity index (χ3v) is 4.33. The van der Waals surface area contributed by atoms with Crippen LogP contribution in [0.5, 0.6) is 0 Å². The second-order valence-corrected chi connectivity index (χ2v) is 6.23. The molecule has 108 valence electrons. The Morgan fingerprint density at radius 3 is 2.57 bits per heavy atom. The number of aryl methyl sites for hydroxylation is 1. The highest BCUT2D eigenvalue weighted by Gasteiger charge is 2.12. The highest BCUT2D eigenvalue weighted by molar-refractivity contribution is 9.10. The molecule has 2 aromatic carbocycles. The van der Waals surface area contributed by atoms with Gasteiger partial charge >= 0.3 is 0 Å². The van der Waals surface area contributed by atoms with Gasteiger partial charge in [-0.1, -0.05) is 47.1 Å². The van der Waals surface area contributed by atoms with Crippen LogP contribution in [0, 0.1) is 0 Å². The summed E-state index contributed by atoms with van der Waals surface area (Å²) < 4.78 is 3.34. The molecule has 0 spiro atoms. The molecular formula is C17H16BrClN2. The fourth-order valence-corrected chi connectivity index (χ4v) is 3.04. The van der Waals surface area contributed by atoms with Gasteiger partial charge in [0.15, 0.2) is 0 Å². The Labute approximate surface area is 137 Å². The van der Waals surface area contributed by atoms with Crippen LogP contribution in [0.2, 0.25) is 0 Å². The van der Waals surface area contributed by atoms with E-state index < -0.39 is 0 Å². The molecule has 0 unspecified atom stereocenters. The highest BCUT2D eigenvalue weighted by Crippen LogP contribution is 2.27. The number of fused-ring (bicyclic) bond motifs is 1. The number of benzene rings is 2. The smallest absolute Gasteiger partial charge is 0.141 e. The molecule has 4 heteroatoms. The lowest BCUT2D eigenvalue weighted by Crippen LogP contribution is -1.99. The lowest BCUT2D eigenvalue weighted by atomic mass is 10.1. The molecule has 0 amide bonds. The molecule has 0 aliphatic rings. The topological polar surface area (TPSA) is 17.8 Å². The van der Waals surface area contributed by atoms with Crippen molar-refractivity contribution in [2.24, 2.45) is 0 Å². The Bertz CT molecular complexity index is 762. The SMILES string of the molecule is CCCn1c(-c2ccc(CCl)cc2)nc2cc(Br)ccc21. The van der Waals surface area contributed by atoms with Crippen LogP contribution >= 0.6 is 27.5 Å². The molecule has 0 radical (unpaired) electrons. The van der Waals surface area contributed by atoms with Crippen LogP contribution in [0.1, 0.15) is 18.9 Å². The van der Waals surface area contributed by atoms with Crippen LogP contribution < -0.4 is 0 Å². The quantitative estimate of drug-likeness (QED) is 0.550. The van der Waals surface area contributed by atoms with Gasteiger partial charge in [0.1, 0.15) is 5.82 Å². The number of imidazole rings is 1. The van der Waals surface area contributed by atoms with Crippen molar-refractivity contribution in [3.8, 4) is 11.4 Å². The molecule has 21 heavy (non-hydrogen) atoms. The van der Waals surface area contributed by atoms with Gasteiger partial charge in [0, 0.05) is 22.5 Å². The number of aromatic nitrogens is 2. The number of rotatable bonds is 4. The molecule has 0 bridgehead atoms. The maximum absolute atomic E-state index is 5.86. The number of halogens is 2. The fourth-order valence-electron chi connectivity index (χ4n) is 2.52. The first-order chi connectivity index (χ1) is 10.2. The van der Waals surface area contributed by atoms with E-state index in [1.54, 1.807) is 0 Å². The zero-order chi connectivity index (χ0) is 14.8. The zero-order valence-electron chi connectivity index (χ0n) is 11.8. The molecule has 2 nitrogen and oxygen atoms in total. The molecule has 1 aromatic heterocycles. The maximum Gasteiger partial charge on any atom is 0.141 e. The van der Waals surface area contributed by atoms with E-state index in [1.807, 2.05) is 0 Å². The lowest BCUT2D eigenvalue weighted by Gasteiger charge is -2.08. The minimum Gasteiger partial charge on any atom is -0.324 e. The molecule has 0 atom stereocenters. The fraction of sp³-hybridized carbons (Fsp3) is 0.235.